The third kappa shape index (κ3) is 2.39. The van der Waals surface area contributed by atoms with Gasteiger partial charge in [-0.3, -0.25) is 0 Å². The normalized spacial score (nSPS) is 18.6. The minimum Gasteiger partial charge on any atom is -0.392 e. The van der Waals surface area contributed by atoms with Gasteiger partial charge >= 0.3 is 0 Å². The van der Waals surface area contributed by atoms with Crippen molar-refractivity contribution >= 4 is 11.6 Å². The van der Waals surface area contributed by atoms with Crippen molar-refractivity contribution in [1.29, 1.82) is 0 Å². The van der Waals surface area contributed by atoms with Crippen LogP contribution in [0, 0.1) is 5.92 Å². The second-order valence-corrected chi connectivity index (χ2v) is 3.86. The SMILES string of the molecule is OC(Cc1ncc(Cl)cn1)C1CC1. The van der Waals surface area contributed by atoms with Crippen LogP contribution in [0.15, 0.2) is 12.4 Å². The van der Waals surface area contributed by atoms with Crippen LogP contribution in [0.1, 0.15) is 18.7 Å². The summed E-state index contributed by atoms with van der Waals surface area (Å²) in [6.45, 7) is 0. The molecule has 1 fully saturated rings. The van der Waals surface area contributed by atoms with Gasteiger partial charge in [0.05, 0.1) is 11.1 Å². The molecule has 1 atom stereocenters. The molecular formula is C9H11ClN2O. The van der Waals surface area contributed by atoms with Gasteiger partial charge in [-0.1, -0.05) is 11.6 Å². The third-order valence-corrected chi connectivity index (χ3v) is 2.43. The first-order valence-electron chi connectivity index (χ1n) is 4.40. The fourth-order valence-electron chi connectivity index (χ4n) is 1.28. The van der Waals surface area contributed by atoms with Crippen molar-refractivity contribution in [3.05, 3.63) is 23.2 Å². The van der Waals surface area contributed by atoms with E-state index in [1.54, 1.807) is 12.4 Å². The molecule has 0 spiro atoms. The quantitative estimate of drug-likeness (QED) is 0.800. The number of aromatic nitrogens is 2. The zero-order valence-electron chi connectivity index (χ0n) is 7.15. The monoisotopic (exact) mass is 198 g/mol. The molecule has 0 aromatic carbocycles. The van der Waals surface area contributed by atoms with Gasteiger partial charge in [0, 0.05) is 18.8 Å². The number of hydrogen-bond donors (Lipinski definition) is 1. The first kappa shape index (κ1) is 8.91. The van der Waals surface area contributed by atoms with Gasteiger partial charge in [0.1, 0.15) is 5.82 Å². The van der Waals surface area contributed by atoms with Crippen molar-refractivity contribution in [3.63, 3.8) is 0 Å². The summed E-state index contributed by atoms with van der Waals surface area (Å²) in [5.74, 6) is 1.14. The molecule has 1 N–H and O–H groups in total. The maximum atomic E-state index is 9.60. The zero-order valence-corrected chi connectivity index (χ0v) is 7.91. The maximum absolute atomic E-state index is 9.60. The highest BCUT2D eigenvalue weighted by Gasteiger charge is 2.30. The Hall–Kier alpha value is -0.670. The van der Waals surface area contributed by atoms with E-state index < -0.39 is 0 Å². The average molecular weight is 199 g/mol. The number of hydrogen-bond acceptors (Lipinski definition) is 3. The molecule has 0 amide bonds. The molecule has 1 heterocycles. The number of rotatable bonds is 3. The van der Waals surface area contributed by atoms with Crippen LogP contribution in [0.25, 0.3) is 0 Å². The Morgan fingerprint density at radius 2 is 2.08 bits per heavy atom. The Balaban J connectivity index is 1.96. The smallest absolute Gasteiger partial charge is 0.130 e. The highest BCUT2D eigenvalue weighted by atomic mass is 35.5. The summed E-state index contributed by atoms with van der Waals surface area (Å²) in [5, 5.41) is 10.1. The van der Waals surface area contributed by atoms with Gasteiger partial charge in [0.25, 0.3) is 0 Å². The van der Waals surface area contributed by atoms with Crippen LogP contribution in [0.4, 0.5) is 0 Å². The first-order valence-corrected chi connectivity index (χ1v) is 4.78. The second kappa shape index (κ2) is 3.60. The predicted molar refractivity (Wildman–Crippen MR) is 49.5 cm³/mol. The predicted octanol–water partition coefficient (Wildman–Crippen LogP) is 1.44. The van der Waals surface area contributed by atoms with E-state index in [-0.39, 0.29) is 6.10 Å². The summed E-state index contributed by atoms with van der Waals surface area (Å²) in [4.78, 5) is 8.05. The van der Waals surface area contributed by atoms with E-state index in [1.807, 2.05) is 0 Å². The first-order chi connectivity index (χ1) is 6.25. The lowest BCUT2D eigenvalue weighted by Crippen LogP contribution is -2.14. The Morgan fingerprint density at radius 3 is 2.62 bits per heavy atom. The van der Waals surface area contributed by atoms with Crippen LogP contribution in [-0.2, 0) is 6.42 Å². The third-order valence-electron chi connectivity index (χ3n) is 2.23. The topological polar surface area (TPSA) is 46.0 Å². The minimum atomic E-state index is -0.277. The molecule has 0 aliphatic heterocycles. The van der Waals surface area contributed by atoms with Gasteiger partial charge < -0.3 is 5.11 Å². The molecule has 4 heteroatoms. The summed E-state index contributed by atoms with van der Waals surface area (Å²) in [6.07, 6.45) is 5.65. The number of aliphatic hydroxyl groups excluding tert-OH is 1. The summed E-state index contributed by atoms with van der Waals surface area (Å²) in [7, 11) is 0. The molecule has 1 aromatic rings. The van der Waals surface area contributed by atoms with Crippen LogP contribution in [0.5, 0.6) is 0 Å². The molecule has 13 heavy (non-hydrogen) atoms. The van der Waals surface area contributed by atoms with Crippen molar-refractivity contribution in [2.24, 2.45) is 5.92 Å². The van der Waals surface area contributed by atoms with E-state index in [0.29, 0.717) is 23.2 Å². The van der Waals surface area contributed by atoms with E-state index in [9.17, 15) is 5.11 Å². The van der Waals surface area contributed by atoms with Gasteiger partial charge in [-0.05, 0) is 18.8 Å². The van der Waals surface area contributed by atoms with Gasteiger partial charge in [-0.25, -0.2) is 9.97 Å². The van der Waals surface area contributed by atoms with Crippen molar-refractivity contribution < 1.29 is 5.11 Å². The van der Waals surface area contributed by atoms with E-state index in [2.05, 4.69) is 9.97 Å². The van der Waals surface area contributed by atoms with Crippen LogP contribution in [0.3, 0.4) is 0 Å². The van der Waals surface area contributed by atoms with Gasteiger partial charge in [0.15, 0.2) is 0 Å². The van der Waals surface area contributed by atoms with Crippen molar-refractivity contribution in [1.82, 2.24) is 9.97 Å². The maximum Gasteiger partial charge on any atom is 0.130 e. The Morgan fingerprint density at radius 1 is 1.46 bits per heavy atom. The summed E-state index contributed by atoms with van der Waals surface area (Å²) in [5.41, 5.74) is 0. The molecule has 2 rings (SSSR count). The lowest BCUT2D eigenvalue weighted by molar-refractivity contribution is 0.149. The second-order valence-electron chi connectivity index (χ2n) is 3.43. The van der Waals surface area contributed by atoms with Crippen LogP contribution in [0.2, 0.25) is 5.02 Å². The minimum absolute atomic E-state index is 0.277. The standard InChI is InChI=1S/C9H11ClN2O/c10-7-4-11-9(12-5-7)3-8(13)6-1-2-6/h4-6,8,13H,1-3H2. The zero-order chi connectivity index (χ0) is 9.26. The highest BCUT2D eigenvalue weighted by molar-refractivity contribution is 6.30. The van der Waals surface area contributed by atoms with Crippen LogP contribution < -0.4 is 0 Å². The Labute approximate surface area is 81.8 Å². The summed E-state index contributed by atoms with van der Waals surface area (Å²) in [6, 6.07) is 0. The Kier molecular flexibility index (Phi) is 2.47. The van der Waals surface area contributed by atoms with E-state index >= 15 is 0 Å². The van der Waals surface area contributed by atoms with Crippen LogP contribution >= 0.6 is 11.6 Å². The molecule has 0 saturated heterocycles. The van der Waals surface area contributed by atoms with Gasteiger partial charge in [-0.2, -0.15) is 0 Å². The molecule has 1 aliphatic carbocycles. The molecule has 1 unspecified atom stereocenters. The molecule has 0 bridgehead atoms. The number of aliphatic hydroxyl groups is 1. The van der Waals surface area contributed by atoms with Gasteiger partial charge in [0.2, 0.25) is 0 Å². The van der Waals surface area contributed by atoms with Crippen molar-refractivity contribution in [2.45, 2.75) is 25.4 Å². The largest absolute Gasteiger partial charge is 0.392 e. The molecule has 0 radical (unpaired) electrons. The van der Waals surface area contributed by atoms with Crippen molar-refractivity contribution in [3.8, 4) is 0 Å². The molecule has 1 aliphatic rings. The molecular weight excluding hydrogens is 188 g/mol. The molecule has 1 aromatic heterocycles. The van der Waals surface area contributed by atoms with E-state index in [4.69, 9.17) is 11.6 Å². The lowest BCUT2D eigenvalue weighted by Gasteiger charge is -2.06. The fraction of sp³-hybridized carbons (Fsp3) is 0.556. The number of halogens is 1. The summed E-state index contributed by atoms with van der Waals surface area (Å²) >= 11 is 5.64. The fourth-order valence-corrected chi connectivity index (χ4v) is 1.38. The van der Waals surface area contributed by atoms with Crippen molar-refractivity contribution in [2.75, 3.05) is 0 Å². The summed E-state index contributed by atoms with van der Waals surface area (Å²) < 4.78 is 0. The highest BCUT2D eigenvalue weighted by Crippen LogP contribution is 2.33. The molecule has 3 nitrogen and oxygen atoms in total. The Bertz CT molecular complexity index is 284. The lowest BCUT2D eigenvalue weighted by atomic mass is 10.1. The molecule has 70 valence electrons. The molecule has 1 saturated carbocycles. The number of nitrogens with zero attached hydrogens (tertiary/aromatic N) is 2. The van der Waals surface area contributed by atoms with E-state index in [0.717, 1.165) is 12.8 Å². The average Bonchev–Trinajstić information content (AvgIpc) is 2.91. The van der Waals surface area contributed by atoms with E-state index in [1.165, 1.54) is 0 Å². The van der Waals surface area contributed by atoms with Gasteiger partial charge in [-0.15, -0.1) is 0 Å². The van der Waals surface area contributed by atoms with Crippen LogP contribution in [-0.4, -0.2) is 21.2 Å².